The average molecular weight is 304 g/mol. The topological polar surface area (TPSA) is 79.3 Å². The van der Waals surface area contributed by atoms with E-state index in [2.05, 4.69) is 10.3 Å². The highest BCUT2D eigenvalue weighted by Crippen LogP contribution is 2.21. The molecule has 0 fully saturated rings. The summed E-state index contributed by atoms with van der Waals surface area (Å²) in [5.74, 6) is -0.942. The van der Waals surface area contributed by atoms with Gasteiger partial charge in [-0.2, -0.15) is 0 Å². The Morgan fingerprint density at radius 2 is 2.05 bits per heavy atom. The van der Waals surface area contributed by atoms with Crippen LogP contribution in [-0.2, 0) is 16.0 Å². The Labute approximate surface area is 126 Å². The van der Waals surface area contributed by atoms with Crippen molar-refractivity contribution in [3.05, 3.63) is 47.0 Å². The second-order valence-corrected chi connectivity index (χ2v) is 5.64. The van der Waals surface area contributed by atoms with Gasteiger partial charge >= 0.3 is 5.97 Å². The number of hydrogen-bond donors (Lipinski definition) is 2. The number of nitrogens with one attached hydrogen (secondary N) is 1. The van der Waals surface area contributed by atoms with Crippen LogP contribution in [0.25, 0.3) is 0 Å². The van der Waals surface area contributed by atoms with E-state index in [-0.39, 0.29) is 18.2 Å². The predicted molar refractivity (Wildman–Crippen MR) is 81.6 cm³/mol. The lowest BCUT2D eigenvalue weighted by Crippen LogP contribution is -2.14. The number of thiazole rings is 1. The number of carboxylic acid groups (broad SMARTS) is 1. The molecule has 0 spiro atoms. The monoisotopic (exact) mass is 304 g/mol. The van der Waals surface area contributed by atoms with Crippen molar-refractivity contribution < 1.29 is 14.7 Å². The molecule has 0 unspecified atom stereocenters. The molecule has 21 heavy (non-hydrogen) atoms. The average Bonchev–Trinajstić information content (AvgIpc) is 2.85. The quantitative estimate of drug-likeness (QED) is 0.860. The lowest BCUT2D eigenvalue weighted by atomic mass is 9.98. The van der Waals surface area contributed by atoms with Crippen LogP contribution in [0.1, 0.15) is 30.5 Å². The standard InChI is InChI=1S/C15H16N2O3S/c1-10(11-5-3-2-4-6-11)7-13(18)17-15-16-12(9-21-15)8-14(19)20/h2-6,9-10H,7-8H2,1H3,(H,19,20)(H,16,17,18)/t10-/m0/s1. The van der Waals surface area contributed by atoms with Gasteiger partial charge in [0.05, 0.1) is 12.1 Å². The van der Waals surface area contributed by atoms with E-state index in [1.807, 2.05) is 37.3 Å². The number of rotatable bonds is 6. The predicted octanol–water partition coefficient (Wildman–Crippen LogP) is 2.90. The summed E-state index contributed by atoms with van der Waals surface area (Å²) >= 11 is 1.24. The normalized spacial score (nSPS) is 11.9. The van der Waals surface area contributed by atoms with Crippen LogP contribution in [0.4, 0.5) is 5.13 Å². The number of anilines is 1. The van der Waals surface area contributed by atoms with Gasteiger partial charge in [-0.15, -0.1) is 11.3 Å². The molecule has 5 nitrogen and oxygen atoms in total. The number of carbonyl (C=O) groups excluding carboxylic acids is 1. The number of benzene rings is 1. The van der Waals surface area contributed by atoms with Crippen molar-refractivity contribution >= 4 is 28.3 Å². The van der Waals surface area contributed by atoms with Crippen molar-refractivity contribution in [3.8, 4) is 0 Å². The molecule has 0 saturated heterocycles. The second-order valence-electron chi connectivity index (χ2n) is 4.78. The van der Waals surface area contributed by atoms with Gasteiger partial charge in [0, 0.05) is 11.8 Å². The van der Waals surface area contributed by atoms with Crippen molar-refractivity contribution in [3.63, 3.8) is 0 Å². The molecule has 0 aliphatic carbocycles. The van der Waals surface area contributed by atoms with Crippen LogP contribution in [0.2, 0.25) is 0 Å². The Kier molecular flexibility index (Phi) is 5.05. The van der Waals surface area contributed by atoms with E-state index < -0.39 is 5.97 Å². The summed E-state index contributed by atoms with van der Waals surface area (Å²) in [6.45, 7) is 1.99. The van der Waals surface area contributed by atoms with Gasteiger partial charge < -0.3 is 10.4 Å². The molecule has 1 amide bonds. The number of amides is 1. The molecular weight excluding hydrogens is 288 g/mol. The molecule has 110 valence electrons. The minimum atomic E-state index is -0.934. The number of hydrogen-bond acceptors (Lipinski definition) is 4. The van der Waals surface area contributed by atoms with Gasteiger partial charge in [-0.3, -0.25) is 9.59 Å². The van der Waals surface area contributed by atoms with Gasteiger partial charge in [0.15, 0.2) is 5.13 Å². The molecule has 0 bridgehead atoms. The van der Waals surface area contributed by atoms with E-state index in [0.717, 1.165) is 5.56 Å². The maximum absolute atomic E-state index is 12.0. The fourth-order valence-electron chi connectivity index (χ4n) is 1.95. The first-order valence-electron chi connectivity index (χ1n) is 6.55. The summed E-state index contributed by atoms with van der Waals surface area (Å²) in [5.41, 5.74) is 1.57. The van der Waals surface area contributed by atoms with Gasteiger partial charge in [0.25, 0.3) is 0 Å². The van der Waals surface area contributed by atoms with Crippen LogP contribution < -0.4 is 5.32 Å². The second kappa shape index (κ2) is 6.99. The van der Waals surface area contributed by atoms with Gasteiger partial charge in [-0.1, -0.05) is 37.3 Å². The zero-order chi connectivity index (χ0) is 15.2. The maximum Gasteiger partial charge on any atom is 0.309 e. The summed E-state index contributed by atoms with van der Waals surface area (Å²) in [6.07, 6.45) is 0.227. The van der Waals surface area contributed by atoms with Gasteiger partial charge in [0.1, 0.15) is 0 Å². The third kappa shape index (κ3) is 4.68. The van der Waals surface area contributed by atoms with Gasteiger partial charge in [0.2, 0.25) is 5.91 Å². The lowest BCUT2D eigenvalue weighted by Gasteiger charge is -2.10. The van der Waals surface area contributed by atoms with Gasteiger partial charge in [-0.05, 0) is 11.5 Å². The summed E-state index contributed by atoms with van der Waals surface area (Å²) in [6, 6.07) is 9.82. The molecule has 0 saturated carbocycles. The lowest BCUT2D eigenvalue weighted by molar-refractivity contribution is -0.136. The van der Waals surface area contributed by atoms with Crippen LogP contribution in [0.5, 0.6) is 0 Å². The molecule has 0 aliphatic heterocycles. The SMILES string of the molecule is C[C@@H](CC(=O)Nc1nc(CC(=O)O)cs1)c1ccccc1. The molecule has 2 aromatic rings. The van der Waals surface area contributed by atoms with E-state index in [1.165, 1.54) is 11.3 Å². The number of carboxylic acids is 1. The van der Waals surface area contributed by atoms with Crippen molar-refractivity contribution in [1.82, 2.24) is 4.98 Å². The van der Waals surface area contributed by atoms with Crippen molar-refractivity contribution in [2.24, 2.45) is 0 Å². The minimum absolute atomic E-state index is 0.115. The highest BCUT2D eigenvalue weighted by atomic mass is 32.1. The largest absolute Gasteiger partial charge is 0.481 e. The molecule has 6 heteroatoms. The van der Waals surface area contributed by atoms with Crippen LogP contribution >= 0.6 is 11.3 Å². The molecule has 0 aliphatic rings. The van der Waals surface area contributed by atoms with Crippen LogP contribution in [-0.4, -0.2) is 22.0 Å². The van der Waals surface area contributed by atoms with E-state index in [4.69, 9.17) is 5.11 Å². The van der Waals surface area contributed by atoms with Crippen LogP contribution in [0.15, 0.2) is 35.7 Å². The third-order valence-corrected chi connectivity index (χ3v) is 3.80. The Hall–Kier alpha value is -2.21. The first-order chi connectivity index (χ1) is 10.0. The maximum atomic E-state index is 12.0. The molecule has 1 aromatic carbocycles. The summed E-state index contributed by atoms with van der Waals surface area (Å²) in [7, 11) is 0. The third-order valence-electron chi connectivity index (χ3n) is 2.99. The Morgan fingerprint density at radius 1 is 1.33 bits per heavy atom. The number of carbonyl (C=O) groups is 2. The van der Waals surface area contributed by atoms with Crippen LogP contribution in [0.3, 0.4) is 0 Å². The number of nitrogens with zero attached hydrogens (tertiary/aromatic N) is 1. The Balaban J connectivity index is 1.89. The van der Waals surface area contributed by atoms with E-state index >= 15 is 0 Å². The molecule has 1 aromatic heterocycles. The van der Waals surface area contributed by atoms with Crippen molar-refractivity contribution in [2.75, 3.05) is 5.32 Å². The molecule has 1 atom stereocenters. The Morgan fingerprint density at radius 3 is 2.71 bits per heavy atom. The molecule has 2 rings (SSSR count). The summed E-state index contributed by atoms with van der Waals surface area (Å²) < 4.78 is 0. The molecule has 2 N–H and O–H groups in total. The fraction of sp³-hybridized carbons (Fsp3) is 0.267. The first kappa shape index (κ1) is 15.2. The highest BCUT2D eigenvalue weighted by Gasteiger charge is 2.13. The minimum Gasteiger partial charge on any atom is -0.481 e. The van der Waals surface area contributed by atoms with E-state index in [0.29, 0.717) is 17.2 Å². The Bertz CT molecular complexity index is 625. The molecule has 1 heterocycles. The zero-order valence-electron chi connectivity index (χ0n) is 11.6. The van der Waals surface area contributed by atoms with Gasteiger partial charge in [-0.25, -0.2) is 4.98 Å². The molecule has 0 radical (unpaired) electrons. The van der Waals surface area contributed by atoms with Crippen molar-refractivity contribution in [2.45, 2.75) is 25.7 Å². The first-order valence-corrected chi connectivity index (χ1v) is 7.43. The number of aromatic nitrogens is 1. The van der Waals surface area contributed by atoms with E-state index in [1.54, 1.807) is 5.38 Å². The zero-order valence-corrected chi connectivity index (χ0v) is 12.4. The highest BCUT2D eigenvalue weighted by molar-refractivity contribution is 7.13. The van der Waals surface area contributed by atoms with E-state index in [9.17, 15) is 9.59 Å². The fourth-order valence-corrected chi connectivity index (χ4v) is 2.67. The number of aliphatic carboxylic acids is 1. The van der Waals surface area contributed by atoms with Crippen LogP contribution in [0, 0.1) is 0 Å². The summed E-state index contributed by atoms with van der Waals surface area (Å²) in [4.78, 5) is 26.6. The van der Waals surface area contributed by atoms with Crippen molar-refractivity contribution in [1.29, 1.82) is 0 Å². The smallest absolute Gasteiger partial charge is 0.309 e. The molecular formula is C15H16N2O3S. The summed E-state index contributed by atoms with van der Waals surface area (Å²) in [5, 5.41) is 13.5.